The molecule has 1 saturated heterocycles. The second kappa shape index (κ2) is 9.36. The zero-order valence-electron chi connectivity index (χ0n) is 18.8. The third-order valence-electron chi connectivity index (χ3n) is 6.11. The Balaban J connectivity index is 1.48. The second-order valence-corrected chi connectivity index (χ2v) is 10.1. The predicted molar refractivity (Wildman–Crippen MR) is 128 cm³/mol. The molecule has 0 spiro atoms. The van der Waals surface area contributed by atoms with E-state index in [1.54, 1.807) is 16.4 Å². The molecule has 1 aliphatic rings. The van der Waals surface area contributed by atoms with Crippen LogP contribution in [0.4, 0.5) is 5.69 Å². The summed E-state index contributed by atoms with van der Waals surface area (Å²) in [6.07, 6.45) is 2.78. The lowest BCUT2D eigenvalue weighted by molar-refractivity contribution is 0.101. The van der Waals surface area contributed by atoms with Crippen LogP contribution in [0.5, 0.6) is 0 Å². The number of rotatable bonds is 7. The van der Waals surface area contributed by atoms with Gasteiger partial charge in [-0.15, -0.1) is 0 Å². The van der Waals surface area contributed by atoms with Crippen molar-refractivity contribution in [1.82, 2.24) is 13.7 Å². The highest BCUT2D eigenvalue weighted by Gasteiger charge is 2.26. The summed E-state index contributed by atoms with van der Waals surface area (Å²) in [5.41, 5.74) is 1.95. The van der Waals surface area contributed by atoms with Crippen molar-refractivity contribution in [2.75, 3.05) is 25.0 Å². The van der Waals surface area contributed by atoms with Gasteiger partial charge in [-0.05, 0) is 56.2 Å². The molecule has 0 aliphatic carbocycles. The average Bonchev–Trinajstić information content (AvgIpc) is 3.06. The van der Waals surface area contributed by atoms with Crippen LogP contribution in [-0.4, -0.2) is 47.5 Å². The summed E-state index contributed by atoms with van der Waals surface area (Å²) in [6.45, 7) is 2.80. The molecule has 1 aliphatic heterocycles. The fourth-order valence-electron chi connectivity index (χ4n) is 4.11. The Morgan fingerprint density at radius 3 is 2.24 bits per heavy atom. The van der Waals surface area contributed by atoms with Gasteiger partial charge in [-0.1, -0.05) is 24.6 Å². The Hall–Kier alpha value is -3.17. The molecule has 1 fully saturated rings. The van der Waals surface area contributed by atoms with Crippen molar-refractivity contribution in [2.24, 2.45) is 7.05 Å². The Labute approximate surface area is 193 Å². The molecule has 1 N–H and O–H groups in total. The van der Waals surface area contributed by atoms with Crippen LogP contribution in [0.3, 0.4) is 0 Å². The number of benzene rings is 2. The first-order valence-electron chi connectivity index (χ1n) is 11.0. The van der Waals surface area contributed by atoms with E-state index in [4.69, 9.17) is 0 Å². The molecular weight excluding hydrogens is 440 g/mol. The van der Waals surface area contributed by atoms with E-state index >= 15 is 0 Å². The van der Waals surface area contributed by atoms with Crippen molar-refractivity contribution < 1.29 is 13.2 Å². The first-order valence-corrected chi connectivity index (χ1v) is 12.5. The van der Waals surface area contributed by atoms with Gasteiger partial charge in [0.1, 0.15) is 5.69 Å². The molecule has 0 atom stereocenters. The highest BCUT2D eigenvalue weighted by Crippen LogP contribution is 2.21. The first kappa shape index (κ1) is 23.0. The molecule has 8 nitrogen and oxygen atoms in total. The van der Waals surface area contributed by atoms with Gasteiger partial charge in [0.05, 0.1) is 22.8 Å². The monoisotopic (exact) mass is 468 g/mol. The minimum absolute atomic E-state index is 0.0763. The summed E-state index contributed by atoms with van der Waals surface area (Å²) in [6, 6.07) is 15.3. The van der Waals surface area contributed by atoms with Gasteiger partial charge in [0.15, 0.2) is 5.78 Å². The number of carbonyl (C=O) groups is 1. The minimum atomic E-state index is -3.54. The quantitative estimate of drug-likeness (QED) is 0.538. The molecule has 3 aromatic rings. The fourth-order valence-corrected chi connectivity index (χ4v) is 5.63. The van der Waals surface area contributed by atoms with Crippen LogP contribution < -0.4 is 10.9 Å². The molecule has 4 rings (SSSR count). The fraction of sp³-hybridized carbons (Fsp3) is 0.333. The molecule has 0 bridgehead atoms. The zero-order valence-corrected chi connectivity index (χ0v) is 19.6. The second-order valence-electron chi connectivity index (χ2n) is 8.20. The van der Waals surface area contributed by atoms with Crippen molar-refractivity contribution >= 4 is 21.5 Å². The normalized spacial score (nSPS) is 14.8. The number of Topliss-reactive ketones (excluding diaryl/α,β-unsaturated/α-hetero) is 1. The number of nitrogens with one attached hydrogen (secondary N) is 1. The predicted octanol–water partition coefficient (Wildman–Crippen LogP) is 2.95. The van der Waals surface area contributed by atoms with E-state index in [1.807, 2.05) is 37.3 Å². The van der Waals surface area contributed by atoms with E-state index < -0.39 is 10.0 Å². The molecule has 0 saturated carbocycles. The van der Waals surface area contributed by atoms with E-state index in [9.17, 15) is 18.0 Å². The van der Waals surface area contributed by atoms with Crippen molar-refractivity contribution in [3.63, 3.8) is 0 Å². The van der Waals surface area contributed by atoms with Gasteiger partial charge in [-0.3, -0.25) is 14.3 Å². The Morgan fingerprint density at radius 1 is 0.970 bits per heavy atom. The van der Waals surface area contributed by atoms with Crippen LogP contribution in [-0.2, 0) is 17.1 Å². The van der Waals surface area contributed by atoms with Gasteiger partial charge >= 0.3 is 0 Å². The third kappa shape index (κ3) is 4.51. The summed E-state index contributed by atoms with van der Waals surface area (Å²) in [7, 11) is -1.75. The van der Waals surface area contributed by atoms with Gasteiger partial charge in [0.2, 0.25) is 10.0 Å². The van der Waals surface area contributed by atoms with Crippen LogP contribution in [0.2, 0.25) is 0 Å². The number of aromatic nitrogens is 2. The number of hydrogen-bond donors (Lipinski definition) is 1. The lowest BCUT2D eigenvalue weighted by Crippen LogP contribution is -2.35. The van der Waals surface area contributed by atoms with Crippen LogP contribution in [0, 0.1) is 6.92 Å². The van der Waals surface area contributed by atoms with Crippen LogP contribution >= 0.6 is 0 Å². The number of ketones is 1. The number of anilines is 1. The molecule has 33 heavy (non-hydrogen) atoms. The standard InChI is InChI=1S/C24H28N4O4S/c1-18-23(24(30)28(26(18)2)20-9-5-3-6-10-20)25-17-22(29)19-11-13-21(14-12-19)33(31,32)27-15-7-4-8-16-27/h3,5-6,9-14,25H,4,7-8,15-17H2,1-2H3. The Morgan fingerprint density at radius 2 is 1.61 bits per heavy atom. The lowest BCUT2D eigenvalue weighted by Gasteiger charge is -2.25. The van der Waals surface area contributed by atoms with Gasteiger partial charge in [0, 0.05) is 25.7 Å². The molecule has 2 heterocycles. The van der Waals surface area contributed by atoms with Crippen LogP contribution in [0.1, 0.15) is 35.3 Å². The molecule has 174 valence electrons. The van der Waals surface area contributed by atoms with Crippen LogP contribution in [0.25, 0.3) is 5.69 Å². The number of carbonyl (C=O) groups excluding carboxylic acids is 1. The largest absolute Gasteiger partial charge is 0.372 e. The molecular formula is C24H28N4O4S. The molecule has 2 aromatic carbocycles. The molecule has 0 unspecified atom stereocenters. The lowest BCUT2D eigenvalue weighted by atomic mass is 10.1. The van der Waals surface area contributed by atoms with Crippen molar-refractivity contribution in [1.29, 1.82) is 0 Å². The zero-order chi connectivity index (χ0) is 23.6. The highest BCUT2D eigenvalue weighted by molar-refractivity contribution is 7.89. The number of para-hydroxylation sites is 1. The maximum absolute atomic E-state index is 13.0. The number of nitrogens with zero attached hydrogens (tertiary/aromatic N) is 3. The van der Waals surface area contributed by atoms with E-state index in [2.05, 4.69) is 5.32 Å². The van der Waals surface area contributed by atoms with E-state index in [0.29, 0.717) is 30.0 Å². The Bertz CT molecular complexity index is 1300. The summed E-state index contributed by atoms with van der Waals surface area (Å²) in [5, 5.41) is 2.98. The van der Waals surface area contributed by atoms with E-state index in [1.165, 1.54) is 28.6 Å². The summed E-state index contributed by atoms with van der Waals surface area (Å²) >= 11 is 0. The summed E-state index contributed by atoms with van der Waals surface area (Å²) in [4.78, 5) is 25.9. The van der Waals surface area contributed by atoms with E-state index in [0.717, 1.165) is 24.9 Å². The van der Waals surface area contributed by atoms with Crippen molar-refractivity contribution in [3.05, 3.63) is 76.2 Å². The van der Waals surface area contributed by atoms with Crippen molar-refractivity contribution in [2.45, 2.75) is 31.1 Å². The number of hydrogen-bond acceptors (Lipinski definition) is 5. The van der Waals surface area contributed by atoms with Crippen LogP contribution in [0.15, 0.2) is 64.3 Å². The topological polar surface area (TPSA) is 93.4 Å². The first-order chi connectivity index (χ1) is 15.8. The Kier molecular flexibility index (Phi) is 6.53. The van der Waals surface area contributed by atoms with Gasteiger partial charge in [-0.2, -0.15) is 4.31 Å². The molecule has 0 amide bonds. The third-order valence-corrected chi connectivity index (χ3v) is 8.02. The van der Waals surface area contributed by atoms with Gasteiger partial charge < -0.3 is 5.32 Å². The smallest absolute Gasteiger partial charge is 0.295 e. The number of sulfonamides is 1. The maximum Gasteiger partial charge on any atom is 0.295 e. The van der Waals surface area contributed by atoms with Gasteiger partial charge in [0.25, 0.3) is 5.56 Å². The summed E-state index contributed by atoms with van der Waals surface area (Å²) < 4.78 is 30.4. The minimum Gasteiger partial charge on any atom is -0.372 e. The highest BCUT2D eigenvalue weighted by atomic mass is 32.2. The summed E-state index contributed by atoms with van der Waals surface area (Å²) in [5.74, 6) is -0.231. The number of piperidine rings is 1. The van der Waals surface area contributed by atoms with E-state index in [-0.39, 0.29) is 22.8 Å². The van der Waals surface area contributed by atoms with Gasteiger partial charge in [-0.25, -0.2) is 13.1 Å². The SMILES string of the molecule is Cc1c(NCC(=O)c2ccc(S(=O)(=O)N3CCCCC3)cc2)c(=O)n(-c2ccccc2)n1C. The average molecular weight is 469 g/mol. The molecule has 0 radical (unpaired) electrons. The molecule has 1 aromatic heterocycles. The van der Waals surface area contributed by atoms with Crippen molar-refractivity contribution in [3.8, 4) is 5.69 Å². The maximum atomic E-state index is 13.0. The molecule has 9 heteroatoms.